The van der Waals surface area contributed by atoms with Gasteiger partial charge in [-0.3, -0.25) is 9.58 Å². The van der Waals surface area contributed by atoms with Crippen LogP contribution in [0.3, 0.4) is 0 Å². The highest BCUT2D eigenvalue weighted by Gasteiger charge is 2.30. The lowest BCUT2D eigenvalue weighted by atomic mass is 9.99. The molecule has 2 aliphatic rings. The van der Waals surface area contributed by atoms with Gasteiger partial charge >= 0.3 is 0 Å². The van der Waals surface area contributed by atoms with Crippen LogP contribution in [0.5, 0.6) is 0 Å². The molecule has 0 spiro atoms. The normalized spacial score (nSPS) is 24.6. The number of rotatable bonds is 6. The molecule has 1 saturated heterocycles. The minimum atomic E-state index is 0.858. The van der Waals surface area contributed by atoms with Gasteiger partial charge in [-0.05, 0) is 50.8 Å². The second-order valence-corrected chi connectivity index (χ2v) is 5.71. The van der Waals surface area contributed by atoms with Crippen molar-refractivity contribution in [2.24, 2.45) is 5.92 Å². The zero-order valence-corrected chi connectivity index (χ0v) is 11.1. The standard InChI is InChI=1S/C14H24N4/c1-3-13(11-15-6-1)12-17(14-4-5-14)9-10-18-8-2-7-16-18/h2,7-8,13-15H,1,3-6,9-12H2. The van der Waals surface area contributed by atoms with E-state index in [4.69, 9.17) is 0 Å². The zero-order valence-electron chi connectivity index (χ0n) is 11.1. The molecule has 1 aromatic rings. The summed E-state index contributed by atoms with van der Waals surface area (Å²) in [6.45, 7) is 5.89. The Hall–Kier alpha value is -0.870. The molecular formula is C14H24N4. The average molecular weight is 248 g/mol. The molecule has 2 heterocycles. The number of aromatic nitrogens is 2. The van der Waals surface area contributed by atoms with Crippen molar-refractivity contribution in [2.45, 2.75) is 38.3 Å². The largest absolute Gasteiger partial charge is 0.316 e. The summed E-state index contributed by atoms with van der Waals surface area (Å²) in [5.41, 5.74) is 0. The highest BCUT2D eigenvalue weighted by molar-refractivity contribution is 4.87. The van der Waals surface area contributed by atoms with Crippen LogP contribution in [0.2, 0.25) is 0 Å². The fourth-order valence-corrected chi connectivity index (χ4v) is 2.94. The predicted octanol–water partition coefficient (Wildman–Crippen LogP) is 1.35. The number of nitrogens with zero attached hydrogens (tertiary/aromatic N) is 3. The van der Waals surface area contributed by atoms with Gasteiger partial charge in [0.2, 0.25) is 0 Å². The van der Waals surface area contributed by atoms with Crippen LogP contribution in [-0.2, 0) is 6.54 Å². The third kappa shape index (κ3) is 3.33. The molecule has 100 valence electrons. The molecule has 18 heavy (non-hydrogen) atoms. The molecule has 2 fully saturated rings. The van der Waals surface area contributed by atoms with E-state index in [1.165, 1.54) is 45.3 Å². The Labute approximate surface area is 109 Å². The van der Waals surface area contributed by atoms with Crippen molar-refractivity contribution < 1.29 is 0 Å². The van der Waals surface area contributed by atoms with Crippen LogP contribution in [0.25, 0.3) is 0 Å². The predicted molar refractivity (Wildman–Crippen MR) is 72.4 cm³/mol. The SMILES string of the molecule is c1cnn(CCN(CC2CCCNC2)C2CC2)c1. The first-order valence-electron chi connectivity index (χ1n) is 7.34. The van der Waals surface area contributed by atoms with Gasteiger partial charge in [0.05, 0.1) is 6.54 Å². The summed E-state index contributed by atoms with van der Waals surface area (Å²) >= 11 is 0. The minimum Gasteiger partial charge on any atom is -0.316 e. The minimum absolute atomic E-state index is 0.858. The Morgan fingerprint density at radius 1 is 1.33 bits per heavy atom. The van der Waals surface area contributed by atoms with Crippen LogP contribution in [0.1, 0.15) is 25.7 Å². The first kappa shape index (κ1) is 12.2. The van der Waals surface area contributed by atoms with E-state index in [0.717, 1.165) is 25.0 Å². The summed E-state index contributed by atoms with van der Waals surface area (Å²) < 4.78 is 2.05. The molecule has 1 saturated carbocycles. The van der Waals surface area contributed by atoms with Gasteiger partial charge in [0.15, 0.2) is 0 Å². The van der Waals surface area contributed by atoms with E-state index in [-0.39, 0.29) is 0 Å². The fourth-order valence-electron chi connectivity index (χ4n) is 2.94. The molecule has 0 bridgehead atoms. The van der Waals surface area contributed by atoms with Gasteiger partial charge in [-0.25, -0.2) is 0 Å². The maximum absolute atomic E-state index is 4.29. The number of piperidine rings is 1. The summed E-state index contributed by atoms with van der Waals surface area (Å²) in [6.07, 6.45) is 9.48. The molecule has 1 aliphatic heterocycles. The summed E-state index contributed by atoms with van der Waals surface area (Å²) in [5, 5.41) is 7.82. The van der Waals surface area contributed by atoms with Crippen molar-refractivity contribution >= 4 is 0 Å². The molecule has 0 radical (unpaired) electrons. The van der Waals surface area contributed by atoms with E-state index >= 15 is 0 Å². The number of hydrogen-bond donors (Lipinski definition) is 1. The van der Waals surface area contributed by atoms with Crippen molar-refractivity contribution in [3.05, 3.63) is 18.5 Å². The maximum Gasteiger partial charge on any atom is 0.0536 e. The second-order valence-electron chi connectivity index (χ2n) is 5.71. The van der Waals surface area contributed by atoms with Crippen LogP contribution < -0.4 is 5.32 Å². The van der Waals surface area contributed by atoms with E-state index in [9.17, 15) is 0 Å². The monoisotopic (exact) mass is 248 g/mol. The van der Waals surface area contributed by atoms with Gasteiger partial charge < -0.3 is 5.32 Å². The van der Waals surface area contributed by atoms with Gasteiger partial charge in [0, 0.05) is 31.5 Å². The van der Waals surface area contributed by atoms with Gasteiger partial charge in [-0.1, -0.05) is 0 Å². The fraction of sp³-hybridized carbons (Fsp3) is 0.786. The summed E-state index contributed by atoms with van der Waals surface area (Å²) in [6, 6.07) is 2.87. The first-order chi connectivity index (χ1) is 8.92. The van der Waals surface area contributed by atoms with Crippen LogP contribution in [-0.4, -0.2) is 46.9 Å². The number of nitrogens with one attached hydrogen (secondary N) is 1. The molecule has 1 aromatic heterocycles. The Kier molecular flexibility index (Phi) is 3.96. The molecule has 0 amide bonds. The van der Waals surface area contributed by atoms with Crippen molar-refractivity contribution in [3.63, 3.8) is 0 Å². The molecule has 1 unspecified atom stereocenters. The topological polar surface area (TPSA) is 33.1 Å². The average Bonchev–Trinajstić information content (AvgIpc) is 3.12. The van der Waals surface area contributed by atoms with Gasteiger partial charge in [0.1, 0.15) is 0 Å². The smallest absolute Gasteiger partial charge is 0.0536 e. The molecule has 1 atom stereocenters. The van der Waals surface area contributed by atoms with Crippen molar-refractivity contribution in [3.8, 4) is 0 Å². The Morgan fingerprint density at radius 2 is 2.28 bits per heavy atom. The second kappa shape index (κ2) is 5.85. The van der Waals surface area contributed by atoms with E-state index in [1.807, 2.05) is 12.3 Å². The van der Waals surface area contributed by atoms with Crippen LogP contribution in [0.4, 0.5) is 0 Å². The molecule has 3 rings (SSSR count). The summed E-state index contributed by atoms with van der Waals surface area (Å²) in [5.74, 6) is 0.858. The van der Waals surface area contributed by atoms with Gasteiger partial charge in [0.25, 0.3) is 0 Å². The highest BCUT2D eigenvalue weighted by atomic mass is 15.3. The van der Waals surface area contributed by atoms with Crippen LogP contribution in [0.15, 0.2) is 18.5 Å². The van der Waals surface area contributed by atoms with Gasteiger partial charge in [-0.2, -0.15) is 5.10 Å². The lowest BCUT2D eigenvalue weighted by Crippen LogP contribution is -2.40. The molecule has 1 aliphatic carbocycles. The first-order valence-corrected chi connectivity index (χ1v) is 7.34. The van der Waals surface area contributed by atoms with Gasteiger partial charge in [-0.15, -0.1) is 0 Å². The molecule has 0 aromatic carbocycles. The van der Waals surface area contributed by atoms with Crippen LogP contribution in [0, 0.1) is 5.92 Å². The third-order valence-electron chi connectivity index (χ3n) is 4.13. The van der Waals surface area contributed by atoms with E-state index in [2.05, 4.69) is 26.2 Å². The molecular weight excluding hydrogens is 224 g/mol. The zero-order chi connectivity index (χ0) is 12.2. The van der Waals surface area contributed by atoms with Crippen molar-refractivity contribution in [2.75, 3.05) is 26.2 Å². The summed E-state index contributed by atoms with van der Waals surface area (Å²) in [7, 11) is 0. The van der Waals surface area contributed by atoms with Crippen molar-refractivity contribution in [1.29, 1.82) is 0 Å². The van der Waals surface area contributed by atoms with E-state index in [0.29, 0.717) is 0 Å². The Balaban J connectivity index is 1.48. The number of hydrogen-bond acceptors (Lipinski definition) is 3. The lowest BCUT2D eigenvalue weighted by Gasteiger charge is -2.30. The third-order valence-corrected chi connectivity index (χ3v) is 4.13. The van der Waals surface area contributed by atoms with Crippen molar-refractivity contribution in [1.82, 2.24) is 20.0 Å². The molecule has 1 N–H and O–H groups in total. The van der Waals surface area contributed by atoms with E-state index in [1.54, 1.807) is 0 Å². The Morgan fingerprint density at radius 3 is 2.94 bits per heavy atom. The quantitative estimate of drug-likeness (QED) is 0.825. The lowest BCUT2D eigenvalue weighted by molar-refractivity contribution is 0.191. The van der Waals surface area contributed by atoms with Crippen LogP contribution >= 0.6 is 0 Å². The Bertz CT molecular complexity index is 339. The molecule has 4 heteroatoms. The van der Waals surface area contributed by atoms with E-state index < -0.39 is 0 Å². The molecule has 4 nitrogen and oxygen atoms in total. The highest BCUT2D eigenvalue weighted by Crippen LogP contribution is 2.28. The summed E-state index contributed by atoms with van der Waals surface area (Å²) in [4.78, 5) is 2.69. The maximum atomic E-state index is 4.29.